The first kappa shape index (κ1) is 15.9. The van der Waals surface area contributed by atoms with Crippen molar-refractivity contribution < 1.29 is 19.7 Å². The molecule has 0 heterocycles. The van der Waals surface area contributed by atoms with Crippen molar-refractivity contribution in [1.29, 1.82) is 0 Å². The number of benzene rings is 1. The molecule has 6 heteroatoms. The number of nitrogens with one attached hydrogen (secondary N) is 1. The standard InChI is InChI=1S/C13H18ClNO4/c1-19-12(17)8-11(15-6-7-16)13(18)9-2-4-10(14)5-3-9/h2-5,11,13,15-16,18H,6-8H2,1H3. The van der Waals surface area contributed by atoms with Crippen LogP contribution in [0.1, 0.15) is 18.1 Å². The van der Waals surface area contributed by atoms with Crippen LogP contribution in [0.4, 0.5) is 0 Å². The number of halogens is 1. The number of hydrogen-bond acceptors (Lipinski definition) is 5. The largest absolute Gasteiger partial charge is 0.469 e. The van der Waals surface area contributed by atoms with Crippen LogP contribution >= 0.6 is 11.6 Å². The number of esters is 1. The van der Waals surface area contributed by atoms with E-state index in [1.54, 1.807) is 24.3 Å². The Morgan fingerprint density at radius 2 is 2.05 bits per heavy atom. The minimum atomic E-state index is -0.886. The first-order valence-corrected chi connectivity index (χ1v) is 6.31. The van der Waals surface area contributed by atoms with Gasteiger partial charge in [-0.25, -0.2) is 0 Å². The zero-order valence-corrected chi connectivity index (χ0v) is 11.4. The average Bonchev–Trinajstić information content (AvgIpc) is 2.43. The highest BCUT2D eigenvalue weighted by molar-refractivity contribution is 6.30. The van der Waals surface area contributed by atoms with E-state index in [0.717, 1.165) is 0 Å². The molecule has 0 aliphatic heterocycles. The van der Waals surface area contributed by atoms with Gasteiger partial charge in [0.2, 0.25) is 0 Å². The molecule has 2 unspecified atom stereocenters. The molecule has 0 amide bonds. The molecule has 0 aromatic heterocycles. The van der Waals surface area contributed by atoms with Crippen LogP contribution in [0, 0.1) is 0 Å². The molecular formula is C13H18ClNO4. The van der Waals surface area contributed by atoms with Gasteiger partial charge in [-0.05, 0) is 17.7 Å². The van der Waals surface area contributed by atoms with Crippen molar-refractivity contribution in [3.63, 3.8) is 0 Å². The summed E-state index contributed by atoms with van der Waals surface area (Å²) in [6.45, 7) is 0.206. The van der Waals surface area contributed by atoms with Crippen LogP contribution in [0.3, 0.4) is 0 Å². The third-order valence-corrected chi connectivity index (χ3v) is 2.98. The van der Waals surface area contributed by atoms with Crippen molar-refractivity contribution in [1.82, 2.24) is 5.32 Å². The zero-order chi connectivity index (χ0) is 14.3. The molecule has 0 aliphatic rings. The van der Waals surface area contributed by atoms with E-state index >= 15 is 0 Å². The highest BCUT2D eigenvalue weighted by Gasteiger charge is 2.23. The van der Waals surface area contributed by atoms with Gasteiger partial charge in [-0.1, -0.05) is 23.7 Å². The van der Waals surface area contributed by atoms with Gasteiger partial charge in [0, 0.05) is 17.6 Å². The third kappa shape index (κ3) is 5.16. The molecule has 0 saturated heterocycles. The molecule has 0 bridgehead atoms. The minimum absolute atomic E-state index is 0.0142. The van der Waals surface area contributed by atoms with E-state index in [-0.39, 0.29) is 19.6 Å². The van der Waals surface area contributed by atoms with Gasteiger partial charge in [0.05, 0.1) is 26.2 Å². The van der Waals surface area contributed by atoms with E-state index in [1.807, 2.05) is 0 Å². The van der Waals surface area contributed by atoms with Crippen LogP contribution in [-0.4, -0.2) is 42.5 Å². The Kier molecular flexibility index (Phi) is 6.80. The third-order valence-electron chi connectivity index (χ3n) is 2.73. The van der Waals surface area contributed by atoms with Crippen LogP contribution < -0.4 is 5.32 Å². The van der Waals surface area contributed by atoms with Gasteiger partial charge in [-0.3, -0.25) is 4.79 Å². The fraction of sp³-hybridized carbons (Fsp3) is 0.462. The van der Waals surface area contributed by atoms with Gasteiger partial charge >= 0.3 is 5.97 Å². The Balaban J connectivity index is 2.77. The quantitative estimate of drug-likeness (QED) is 0.649. The smallest absolute Gasteiger partial charge is 0.307 e. The molecule has 19 heavy (non-hydrogen) atoms. The summed E-state index contributed by atoms with van der Waals surface area (Å²) in [5, 5.41) is 22.6. The molecule has 3 N–H and O–H groups in total. The first-order chi connectivity index (χ1) is 9.08. The van der Waals surface area contributed by atoms with Crippen molar-refractivity contribution in [2.24, 2.45) is 0 Å². The predicted octanol–water partition coefficient (Wildman–Crippen LogP) is 0.887. The lowest BCUT2D eigenvalue weighted by atomic mass is 9.99. The molecule has 0 fully saturated rings. The highest BCUT2D eigenvalue weighted by Crippen LogP contribution is 2.21. The molecule has 0 saturated carbocycles. The summed E-state index contributed by atoms with van der Waals surface area (Å²) in [6.07, 6.45) is -0.872. The van der Waals surface area contributed by atoms with E-state index in [1.165, 1.54) is 7.11 Å². The van der Waals surface area contributed by atoms with Crippen LogP contribution in [-0.2, 0) is 9.53 Å². The summed E-state index contributed by atoms with van der Waals surface area (Å²) in [5.74, 6) is -0.427. The Morgan fingerprint density at radius 3 is 2.58 bits per heavy atom. The second-order valence-electron chi connectivity index (χ2n) is 4.06. The highest BCUT2D eigenvalue weighted by atomic mass is 35.5. The van der Waals surface area contributed by atoms with Gasteiger partial charge in [-0.15, -0.1) is 0 Å². The number of methoxy groups -OCH3 is 1. The molecule has 0 aliphatic carbocycles. The fourth-order valence-electron chi connectivity index (χ4n) is 1.70. The Hall–Kier alpha value is -1.14. The number of aliphatic hydroxyl groups excluding tert-OH is 2. The lowest BCUT2D eigenvalue weighted by Gasteiger charge is -2.23. The van der Waals surface area contributed by atoms with E-state index in [2.05, 4.69) is 10.1 Å². The summed E-state index contributed by atoms with van der Waals surface area (Å²) in [6, 6.07) is 6.19. The van der Waals surface area contributed by atoms with Crippen molar-refractivity contribution in [3.05, 3.63) is 34.9 Å². The van der Waals surface area contributed by atoms with Crippen molar-refractivity contribution in [2.75, 3.05) is 20.3 Å². The summed E-state index contributed by atoms with van der Waals surface area (Å²) >= 11 is 5.78. The van der Waals surface area contributed by atoms with Crippen LogP contribution in [0.25, 0.3) is 0 Å². The monoisotopic (exact) mass is 287 g/mol. The number of aliphatic hydroxyl groups is 2. The fourth-order valence-corrected chi connectivity index (χ4v) is 1.83. The summed E-state index contributed by atoms with van der Waals surface area (Å²) in [7, 11) is 1.29. The molecule has 1 aromatic carbocycles. The van der Waals surface area contributed by atoms with Crippen molar-refractivity contribution in [3.8, 4) is 0 Å². The number of rotatable bonds is 7. The van der Waals surface area contributed by atoms with E-state index in [0.29, 0.717) is 10.6 Å². The average molecular weight is 288 g/mol. The number of ether oxygens (including phenoxy) is 1. The van der Waals surface area contributed by atoms with Gasteiger partial charge in [0.25, 0.3) is 0 Å². The van der Waals surface area contributed by atoms with E-state index < -0.39 is 18.1 Å². The van der Waals surface area contributed by atoms with Gasteiger partial charge in [0.15, 0.2) is 0 Å². The summed E-state index contributed by atoms with van der Waals surface area (Å²) in [5.41, 5.74) is 0.642. The lowest BCUT2D eigenvalue weighted by molar-refractivity contribution is -0.142. The topological polar surface area (TPSA) is 78.8 Å². The minimum Gasteiger partial charge on any atom is -0.469 e. The van der Waals surface area contributed by atoms with Crippen LogP contribution in [0.15, 0.2) is 24.3 Å². The Labute approximate surface area is 117 Å². The maximum atomic E-state index is 11.3. The Bertz CT molecular complexity index is 396. The molecule has 106 valence electrons. The molecular weight excluding hydrogens is 270 g/mol. The van der Waals surface area contributed by atoms with Gasteiger partial charge in [-0.2, -0.15) is 0 Å². The van der Waals surface area contributed by atoms with Crippen molar-refractivity contribution >= 4 is 17.6 Å². The predicted molar refractivity (Wildman–Crippen MR) is 71.9 cm³/mol. The normalized spacial score (nSPS) is 13.9. The second kappa shape index (κ2) is 8.12. The number of carbonyl (C=O) groups excluding carboxylic acids is 1. The molecule has 0 spiro atoms. The van der Waals surface area contributed by atoms with Crippen molar-refractivity contribution in [2.45, 2.75) is 18.6 Å². The number of carbonyl (C=O) groups is 1. The van der Waals surface area contributed by atoms with E-state index in [9.17, 15) is 9.90 Å². The summed E-state index contributed by atoms with van der Waals surface area (Å²) < 4.78 is 4.59. The van der Waals surface area contributed by atoms with Crippen LogP contribution in [0.2, 0.25) is 5.02 Å². The molecule has 2 atom stereocenters. The lowest BCUT2D eigenvalue weighted by Crippen LogP contribution is -2.38. The SMILES string of the molecule is COC(=O)CC(NCCO)C(O)c1ccc(Cl)cc1. The molecule has 1 rings (SSSR count). The molecule has 5 nitrogen and oxygen atoms in total. The molecule has 1 aromatic rings. The van der Waals surface area contributed by atoms with Crippen LogP contribution in [0.5, 0.6) is 0 Å². The van der Waals surface area contributed by atoms with Gasteiger partial charge < -0.3 is 20.3 Å². The second-order valence-corrected chi connectivity index (χ2v) is 4.50. The summed E-state index contributed by atoms with van der Waals surface area (Å²) in [4.78, 5) is 11.3. The maximum absolute atomic E-state index is 11.3. The molecule has 0 radical (unpaired) electrons. The number of hydrogen-bond donors (Lipinski definition) is 3. The zero-order valence-electron chi connectivity index (χ0n) is 10.7. The Morgan fingerprint density at radius 1 is 1.42 bits per heavy atom. The van der Waals surface area contributed by atoms with E-state index in [4.69, 9.17) is 16.7 Å². The first-order valence-electron chi connectivity index (χ1n) is 5.93. The van der Waals surface area contributed by atoms with Gasteiger partial charge in [0.1, 0.15) is 0 Å². The maximum Gasteiger partial charge on any atom is 0.307 e.